The lowest BCUT2D eigenvalue weighted by Crippen LogP contribution is -2.32. The fourth-order valence-corrected chi connectivity index (χ4v) is 4.07. The van der Waals surface area contributed by atoms with Crippen molar-refractivity contribution in [3.05, 3.63) is 100 Å². The Kier molecular flexibility index (Phi) is 5.89. The number of anilines is 3. The minimum atomic E-state index is -0.615. The molecule has 36 heavy (non-hydrogen) atoms. The lowest BCUT2D eigenvalue weighted by Gasteiger charge is -2.27. The first kappa shape index (κ1) is 23.1. The molecule has 0 saturated heterocycles. The van der Waals surface area contributed by atoms with E-state index in [1.54, 1.807) is 43.3 Å². The number of rotatable bonds is 6. The topological polar surface area (TPSA) is 81.2 Å². The number of nitrogens with zero attached hydrogens (tertiary/aromatic N) is 4. The molecule has 0 aliphatic heterocycles. The average molecular weight is 486 g/mol. The van der Waals surface area contributed by atoms with E-state index in [-0.39, 0.29) is 40.8 Å². The Hall–Kier alpha value is -4.66. The van der Waals surface area contributed by atoms with E-state index in [1.165, 1.54) is 48.2 Å². The molecular formula is C27H20F2N4O3. The van der Waals surface area contributed by atoms with Crippen LogP contribution in [0, 0.1) is 11.6 Å². The van der Waals surface area contributed by atoms with Crippen LogP contribution in [0.1, 0.15) is 24.2 Å². The van der Waals surface area contributed by atoms with Crippen LogP contribution in [0.25, 0.3) is 22.7 Å². The van der Waals surface area contributed by atoms with Gasteiger partial charge in [0.2, 0.25) is 5.89 Å². The second kappa shape index (κ2) is 9.18. The highest BCUT2D eigenvalue weighted by atomic mass is 19.1. The fraction of sp³-hybridized carbons (Fsp3) is 0.111. The summed E-state index contributed by atoms with van der Waals surface area (Å²) in [6.45, 7) is 3.17. The number of aromatic nitrogens is 3. The number of carbonyl (C=O) groups excluding carboxylic acids is 1. The lowest BCUT2D eigenvalue weighted by molar-refractivity contribution is 0.101. The zero-order chi connectivity index (χ0) is 25.4. The molecule has 9 heteroatoms. The van der Waals surface area contributed by atoms with Gasteiger partial charge in [0.05, 0.1) is 5.56 Å². The zero-order valence-electron chi connectivity index (χ0n) is 19.4. The molecule has 0 atom stereocenters. The minimum Gasteiger partial charge on any atom is -0.435 e. The molecular weight excluding hydrogens is 466 g/mol. The van der Waals surface area contributed by atoms with Crippen molar-refractivity contribution in [2.75, 3.05) is 4.90 Å². The van der Waals surface area contributed by atoms with E-state index in [9.17, 15) is 18.4 Å². The van der Waals surface area contributed by atoms with E-state index in [1.807, 2.05) is 0 Å². The average Bonchev–Trinajstić information content (AvgIpc) is 3.29. The van der Waals surface area contributed by atoms with Gasteiger partial charge in [-0.2, -0.15) is 5.10 Å². The molecule has 0 spiro atoms. The summed E-state index contributed by atoms with van der Waals surface area (Å²) in [5.74, 6) is -1.58. The lowest BCUT2D eigenvalue weighted by atomic mass is 10.1. The third-order valence-electron chi connectivity index (χ3n) is 5.64. The largest absolute Gasteiger partial charge is 0.435 e. The smallest absolute Gasteiger partial charge is 0.291 e. The van der Waals surface area contributed by atoms with Crippen LogP contribution in [0.4, 0.5) is 25.8 Å². The Morgan fingerprint density at radius 3 is 2.17 bits per heavy atom. The Bertz CT molecular complexity index is 1600. The maximum atomic E-state index is 14.3. The van der Waals surface area contributed by atoms with Crippen LogP contribution in [0.15, 0.2) is 82.0 Å². The number of oxazole rings is 1. The fourth-order valence-electron chi connectivity index (χ4n) is 4.07. The van der Waals surface area contributed by atoms with Crippen LogP contribution in [0.3, 0.4) is 0 Å². The molecule has 7 nitrogen and oxygen atoms in total. The van der Waals surface area contributed by atoms with Gasteiger partial charge in [-0.15, -0.1) is 0 Å². The van der Waals surface area contributed by atoms with Crippen molar-refractivity contribution in [3.8, 4) is 11.6 Å². The summed E-state index contributed by atoms with van der Waals surface area (Å²) < 4.78 is 35.7. The first-order valence-corrected chi connectivity index (χ1v) is 11.2. The molecule has 5 rings (SSSR count). The zero-order valence-corrected chi connectivity index (χ0v) is 19.4. The summed E-state index contributed by atoms with van der Waals surface area (Å²) in [5.41, 5.74) is 0.704. The van der Waals surface area contributed by atoms with E-state index in [4.69, 9.17) is 4.42 Å². The summed E-state index contributed by atoms with van der Waals surface area (Å²) in [5, 5.41) is 4.40. The molecule has 0 amide bonds. The first-order chi connectivity index (χ1) is 17.4. The monoisotopic (exact) mass is 486 g/mol. The van der Waals surface area contributed by atoms with Gasteiger partial charge in [-0.05, 0) is 62.4 Å². The molecule has 0 N–H and O–H groups in total. The summed E-state index contributed by atoms with van der Waals surface area (Å²) in [6, 6.07) is 18.0. The van der Waals surface area contributed by atoms with Crippen molar-refractivity contribution >= 4 is 33.9 Å². The van der Waals surface area contributed by atoms with Crippen molar-refractivity contribution in [3.63, 3.8) is 0 Å². The van der Waals surface area contributed by atoms with E-state index in [2.05, 4.69) is 10.1 Å². The summed E-state index contributed by atoms with van der Waals surface area (Å²) in [7, 11) is 0. The van der Waals surface area contributed by atoms with E-state index < -0.39 is 23.0 Å². The molecule has 2 aromatic heterocycles. The number of benzene rings is 3. The van der Waals surface area contributed by atoms with Crippen molar-refractivity contribution in [2.24, 2.45) is 0 Å². The maximum absolute atomic E-state index is 14.3. The highest BCUT2D eigenvalue weighted by molar-refractivity contribution is 6.06. The summed E-state index contributed by atoms with van der Waals surface area (Å²) >= 11 is 0. The third kappa shape index (κ3) is 4.04. The molecule has 2 heterocycles. The van der Waals surface area contributed by atoms with Crippen LogP contribution in [-0.4, -0.2) is 20.5 Å². The van der Waals surface area contributed by atoms with Gasteiger partial charge in [0.15, 0.2) is 17.1 Å². The maximum Gasteiger partial charge on any atom is 0.291 e. The Labute approximate surface area is 204 Å². The second-order valence-corrected chi connectivity index (χ2v) is 8.03. The number of Topliss-reactive ketones (excluding diaryl/α,β-unsaturated/α-hetero) is 1. The van der Waals surface area contributed by atoms with E-state index >= 15 is 0 Å². The Balaban J connectivity index is 1.89. The second-order valence-electron chi connectivity index (χ2n) is 8.03. The van der Waals surface area contributed by atoms with Gasteiger partial charge >= 0.3 is 0 Å². The number of aryl methyl sites for hydroxylation is 1. The molecule has 0 radical (unpaired) electrons. The normalized spacial score (nSPS) is 11.1. The van der Waals surface area contributed by atoms with Gasteiger partial charge in [-0.1, -0.05) is 24.3 Å². The van der Waals surface area contributed by atoms with Crippen LogP contribution in [0.5, 0.6) is 0 Å². The van der Waals surface area contributed by atoms with Gasteiger partial charge in [0.1, 0.15) is 22.8 Å². The van der Waals surface area contributed by atoms with Crippen molar-refractivity contribution in [1.82, 2.24) is 14.8 Å². The number of hydrogen-bond donors (Lipinski definition) is 0. The first-order valence-electron chi connectivity index (χ1n) is 11.2. The number of carbonyl (C=O) groups is 1. The molecule has 0 aliphatic carbocycles. The van der Waals surface area contributed by atoms with Gasteiger partial charge in [0.25, 0.3) is 5.56 Å². The van der Waals surface area contributed by atoms with Gasteiger partial charge < -0.3 is 9.32 Å². The number of halogens is 2. The summed E-state index contributed by atoms with van der Waals surface area (Å²) in [6.07, 6.45) is 0. The summed E-state index contributed by atoms with van der Waals surface area (Å²) in [4.78, 5) is 32.6. The predicted molar refractivity (Wildman–Crippen MR) is 132 cm³/mol. The molecule has 0 aliphatic rings. The highest BCUT2D eigenvalue weighted by Gasteiger charge is 2.30. The number of fused-ring (bicyclic) bond motifs is 1. The van der Waals surface area contributed by atoms with Crippen molar-refractivity contribution in [1.29, 1.82) is 0 Å². The highest BCUT2D eigenvalue weighted by Crippen LogP contribution is 2.38. The van der Waals surface area contributed by atoms with E-state index in [0.717, 1.165) is 4.68 Å². The molecule has 0 unspecified atom stereocenters. The molecule has 0 saturated carbocycles. The molecule has 0 fully saturated rings. The van der Waals surface area contributed by atoms with Gasteiger partial charge in [0, 0.05) is 17.9 Å². The van der Waals surface area contributed by atoms with Crippen molar-refractivity contribution in [2.45, 2.75) is 20.4 Å². The van der Waals surface area contributed by atoms with Crippen molar-refractivity contribution < 1.29 is 18.0 Å². The number of para-hydroxylation sites is 2. The Morgan fingerprint density at radius 2 is 1.61 bits per heavy atom. The standard InChI is InChI=1S/C27H20F2N4O3/c1-3-32-27(35)25(33(19-10-6-8-17(28)14-19)20-11-7-9-18(29)15-20)23(16(2)34)24(31-32)26-30-21-12-4-5-13-22(21)36-26/h4-15H,3H2,1-2H3. The SMILES string of the molecule is CCn1nc(-c2nc3ccccc3o2)c(C(C)=O)c(N(c2cccc(F)c2)c2cccc(F)c2)c1=O. The molecule has 0 bridgehead atoms. The van der Waals surface area contributed by atoms with Gasteiger partial charge in [-0.3, -0.25) is 9.59 Å². The van der Waals surface area contributed by atoms with E-state index in [0.29, 0.717) is 11.1 Å². The molecule has 3 aromatic carbocycles. The van der Waals surface area contributed by atoms with Crippen LogP contribution < -0.4 is 10.5 Å². The van der Waals surface area contributed by atoms with Crippen LogP contribution in [0.2, 0.25) is 0 Å². The Morgan fingerprint density at radius 1 is 0.972 bits per heavy atom. The van der Waals surface area contributed by atoms with Gasteiger partial charge in [-0.25, -0.2) is 18.4 Å². The molecule has 5 aromatic rings. The number of ketones is 1. The minimum absolute atomic E-state index is 0.0447. The molecule has 180 valence electrons. The van der Waals surface area contributed by atoms with Crippen LogP contribution in [-0.2, 0) is 6.54 Å². The quantitative estimate of drug-likeness (QED) is 0.273. The predicted octanol–water partition coefficient (Wildman–Crippen LogP) is 6.02. The van der Waals surface area contributed by atoms with Crippen LogP contribution >= 0.6 is 0 Å². The number of hydrogen-bond acceptors (Lipinski definition) is 6. The third-order valence-corrected chi connectivity index (χ3v) is 5.64.